The molecular formula is C17H25NS. The lowest BCUT2D eigenvalue weighted by molar-refractivity contribution is 0.417. The third kappa shape index (κ3) is 4.26. The van der Waals surface area contributed by atoms with Crippen LogP contribution in [0.25, 0.3) is 0 Å². The van der Waals surface area contributed by atoms with Crippen LogP contribution in [0.4, 0.5) is 5.69 Å². The highest BCUT2D eigenvalue weighted by molar-refractivity contribution is 7.78. The van der Waals surface area contributed by atoms with Crippen LogP contribution in [-0.2, 0) is 19.3 Å². The van der Waals surface area contributed by atoms with E-state index in [4.69, 9.17) is 12.2 Å². The van der Waals surface area contributed by atoms with E-state index >= 15 is 0 Å². The van der Waals surface area contributed by atoms with Crippen molar-refractivity contribution in [3.05, 3.63) is 28.8 Å². The standard InChI is InChI=1S/C17H25NS/c1-6-15-9-14(8-13(5)12(3)4)10-16(7-2)17(15)18-11-19/h9-10,12-13H,6-8H2,1-5H3. The zero-order valence-electron chi connectivity index (χ0n) is 12.8. The van der Waals surface area contributed by atoms with Crippen LogP contribution in [0.15, 0.2) is 17.1 Å². The maximum atomic E-state index is 4.77. The third-order valence-electron chi connectivity index (χ3n) is 3.94. The Morgan fingerprint density at radius 1 is 1.11 bits per heavy atom. The highest BCUT2D eigenvalue weighted by Gasteiger charge is 2.12. The molecule has 0 aliphatic carbocycles. The minimum Gasteiger partial charge on any atom is -0.194 e. The van der Waals surface area contributed by atoms with E-state index in [1.165, 1.54) is 16.7 Å². The van der Waals surface area contributed by atoms with Gasteiger partial charge in [-0.15, -0.1) is 0 Å². The highest BCUT2D eigenvalue weighted by Crippen LogP contribution is 2.29. The molecule has 1 aromatic rings. The predicted octanol–water partition coefficient (Wildman–Crippen LogP) is 5.38. The fraction of sp³-hybridized carbons (Fsp3) is 0.588. The SMILES string of the molecule is CCc1cc(CC(C)C(C)C)cc(CC)c1N=C=S. The molecule has 0 saturated heterocycles. The molecular weight excluding hydrogens is 250 g/mol. The van der Waals surface area contributed by atoms with E-state index in [1.807, 2.05) is 0 Å². The molecule has 1 unspecified atom stereocenters. The van der Waals surface area contributed by atoms with Crippen LogP contribution in [0.3, 0.4) is 0 Å². The lowest BCUT2D eigenvalue weighted by atomic mass is 9.88. The Morgan fingerprint density at radius 3 is 2.00 bits per heavy atom. The van der Waals surface area contributed by atoms with Crippen molar-refractivity contribution in [2.24, 2.45) is 16.8 Å². The van der Waals surface area contributed by atoms with E-state index in [1.54, 1.807) is 0 Å². The molecule has 104 valence electrons. The van der Waals surface area contributed by atoms with Gasteiger partial charge in [-0.1, -0.05) is 46.8 Å². The topological polar surface area (TPSA) is 12.4 Å². The van der Waals surface area contributed by atoms with Crippen LogP contribution in [-0.4, -0.2) is 5.16 Å². The van der Waals surface area contributed by atoms with Crippen molar-refractivity contribution >= 4 is 23.1 Å². The summed E-state index contributed by atoms with van der Waals surface area (Å²) < 4.78 is 0. The lowest BCUT2D eigenvalue weighted by Gasteiger charge is -2.18. The Labute approximate surface area is 123 Å². The second-order valence-electron chi connectivity index (χ2n) is 5.60. The number of benzene rings is 1. The van der Waals surface area contributed by atoms with Gasteiger partial charge >= 0.3 is 0 Å². The van der Waals surface area contributed by atoms with Crippen LogP contribution in [0.5, 0.6) is 0 Å². The van der Waals surface area contributed by atoms with Crippen molar-refractivity contribution in [3.63, 3.8) is 0 Å². The summed E-state index contributed by atoms with van der Waals surface area (Å²) in [5, 5.41) is 2.52. The van der Waals surface area contributed by atoms with Crippen LogP contribution in [0.2, 0.25) is 0 Å². The molecule has 0 aromatic heterocycles. The summed E-state index contributed by atoms with van der Waals surface area (Å²) in [5.74, 6) is 1.42. The van der Waals surface area contributed by atoms with Crippen LogP contribution < -0.4 is 0 Å². The molecule has 0 aliphatic rings. The first-order valence-electron chi connectivity index (χ1n) is 7.25. The molecule has 0 bridgehead atoms. The molecule has 0 aliphatic heterocycles. The molecule has 0 spiro atoms. The molecule has 1 nitrogen and oxygen atoms in total. The Kier molecular flexibility index (Phi) is 6.41. The van der Waals surface area contributed by atoms with Crippen LogP contribution in [0.1, 0.15) is 51.3 Å². The fourth-order valence-electron chi connectivity index (χ4n) is 2.29. The van der Waals surface area contributed by atoms with Gasteiger partial charge in [0.1, 0.15) is 0 Å². The molecule has 1 atom stereocenters. The van der Waals surface area contributed by atoms with Crippen molar-refractivity contribution in [2.45, 2.75) is 53.9 Å². The van der Waals surface area contributed by atoms with Gasteiger partial charge in [0.05, 0.1) is 10.8 Å². The number of isothiocyanates is 1. The monoisotopic (exact) mass is 275 g/mol. The van der Waals surface area contributed by atoms with E-state index in [2.05, 4.69) is 56.9 Å². The summed E-state index contributed by atoms with van der Waals surface area (Å²) in [7, 11) is 0. The highest BCUT2D eigenvalue weighted by atomic mass is 32.1. The summed E-state index contributed by atoms with van der Waals surface area (Å²) >= 11 is 4.77. The summed E-state index contributed by atoms with van der Waals surface area (Å²) in [6, 6.07) is 4.59. The molecule has 0 amide bonds. The Hall–Kier alpha value is -0.980. The van der Waals surface area contributed by atoms with Crippen molar-refractivity contribution in [1.82, 2.24) is 0 Å². The number of hydrogen-bond acceptors (Lipinski definition) is 2. The molecule has 0 N–H and O–H groups in total. The second kappa shape index (κ2) is 7.57. The number of aliphatic imine (C=N–C) groups is 1. The minimum absolute atomic E-state index is 0.703. The number of aryl methyl sites for hydroxylation is 2. The zero-order valence-corrected chi connectivity index (χ0v) is 13.6. The van der Waals surface area contributed by atoms with E-state index in [0.717, 1.165) is 24.9 Å². The van der Waals surface area contributed by atoms with Crippen LogP contribution >= 0.6 is 12.2 Å². The molecule has 1 rings (SSSR count). The zero-order chi connectivity index (χ0) is 14.4. The van der Waals surface area contributed by atoms with Gasteiger partial charge in [-0.3, -0.25) is 0 Å². The van der Waals surface area contributed by atoms with E-state index in [-0.39, 0.29) is 0 Å². The molecule has 0 radical (unpaired) electrons. The summed E-state index contributed by atoms with van der Waals surface area (Å²) in [6.07, 6.45) is 3.12. The number of rotatable bonds is 6. The third-order valence-corrected chi connectivity index (χ3v) is 4.03. The van der Waals surface area contributed by atoms with Gasteiger partial charge in [0.2, 0.25) is 0 Å². The van der Waals surface area contributed by atoms with Gasteiger partial charge in [-0.2, -0.15) is 4.99 Å². The Bertz CT molecular complexity index is 445. The fourth-order valence-corrected chi connectivity index (χ4v) is 2.38. The maximum absolute atomic E-state index is 4.77. The van der Waals surface area contributed by atoms with E-state index in [9.17, 15) is 0 Å². The molecule has 0 saturated carbocycles. The second-order valence-corrected chi connectivity index (χ2v) is 5.78. The van der Waals surface area contributed by atoms with Crippen molar-refractivity contribution in [2.75, 3.05) is 0 Å². The summed E-state index contributed by atoms with van der Waals surface area (Å²) in [4.78, 5) is 4.27. The van der Waals surface area contributed by atoms with E-state index < -0.39 is 0 Å². The quantitative estimate of drug-likeness (QED) is 0.501. The first kappa shape index (κ1) is 16.1. The molecule has 1 aromatic carbocycles. The summed E-state index contributed by atoms with van der Waals surface area (Å²) in [5.41, 5.74) is 5.06. The van der Waals surface area contributed by atoms with Gasteiger partial charge in [0.15, 0.2) is 0 Å². The Morgan fingerprint density at radius 2 is 1.63 bits per heavy atom. The molecule has 0 heterocycles. The number of hydrogen-bond donors (Lipinski definition) is 0. The van der Waals surface area contributed by atoms with Gasteiger partial charge in [0, 0.05) is 0 Å². The van der Waals surface area contributed by atoms with Gasteiger partial charge in [0.25, 0.3) is 0 Å². The minimum atomic E-state index is 0.703. The van der Waals surface area contributed by atoms with Crippen molar-refractivity contribution < 1.29 is 0 Å². The van der Waals surface area contributed by atoms with Gasteiger partial charge in [-0.25, -0.2) is 0 Å². The normalized spacial score (nSPS) is 12.3. The number of nitrogens with zero attached hydrogens (tertiary/aromatic N) is 1. The van der Waals surface area contributed by atoms with Crippen LogP contribution in [0, 0.1) is 11.8 Å². The average molecular weight is 275 g/mol. The molecule has 2 heteroatoms. The lowest BCUT2D eigenvalue weighted by Crippen LogP contribution is -2.08. The average Bonchev–Trinajstić information content (AvgIpc) is 2.39. The van der Waals surface area contributed by atoms with Gasteiger partial charge in [-0.05, 0) is 60.0 Å². The van der Waals surface area contributed by atoms with Crippen molar-refractivity contribution in [1.29, 1.82) is 0 Å². The largest absolute Gasteiger partial charge is 0.194 e. The van der Waals surface area contributed by atoms with Gasteiger partial charge < -0.3 is 0 Å². The first-order chi connectivity index (χ1) is 9.03. The molecule has 0 fully saturated rings. The Balaban J connectivity index is 3.19. The first-order valence-corrected chi connectivity index (χ1v) is 7.66. The smallest absolute Gasteiger partial charge is 0.0803 e. The predicted molar refractivity (Wildman–Crippen MR) is 87.6 cm³/mol. The number of thiocarbonyl (C=S) groups is 1. The van der Waals surface area contributed by atoms with Crippen molar-refractivity contribution in [3.8, 4) is 0 Å². The maximum Gasteiger partial charge on any atom is 0.0803 e. The summed E-state index contributed by atoms with van der Waals surface area (Å²) in [6.45, 7) is 11.2. The van der Waals surface area contributed by atoms with E-state index in [0.29, 0.717) is 11.8 Å². The molecule has 19 heavy (non-hydrogen) atoms.